The van der Waals surface area contributed by atoms with Crippen LogP contribution in [0.5, 0.6) is 0 Å². The van der Waals surface area contributed by atoms with Gasteiger partial charge in [0.15, 0.2) is 5.82 Å². The topological polar surface area (TPSA) is 55.6 Å². The fourth-order valence-electron chi connectivity index (χ4n) is 1.38. The smallest absolute Gasteiger partial charge is 0.173 e. The molecule has 2 aromatic rings. The lowest BCUT2D eigenvalue weighted by Gasteiger charge is -2.10. The van der Waals surface area contributed by atoms with Gasteiger partial charge in [0.25, 0.3) is 0 Å². The molecule has 1 heterocycles. The Labute approximate surface area is 98.4 Å². The molecule has 1 N–H and O–H groups in total. The van der Waals surface area contributed by atoms with Crippen molar-refractivity contribution in [2.75, 3.05) is 7.05 Å². The molecular formula is C10H12ClN5. The second-order valence-electron chi connectivity index (χ2n) is 3.44. The summed E-state index contributed by atoms with van der Waals surface area (Å²) in [4.78, 5) is 0. The van der Waals surface area contributed by atoms with Crippen molar-refractivity contribution in [2.45, 2.75) is 13.0 Å². The van der Waals surface area contributed by atoms with Gasteiger partial charge >= 0.3 is 0 Å². The fraction of sp³-hybridized carbons (Fsp3) is 0.300. The molecule has 0 bridgehead atoms. The van der Waals surface area contributed by atoms with Crippen LogP contribution in [-0.2, 0) is 0 Å². The molecule has 0 aliphatic rings. The van der Waals surface area contributed by atoms with Gasteiger partial charge in [-0.15, -0.1) is 5.10 Å². The van der Waals surface area contributed by atoms with Crippen LogP contribution in [0.3, 0.4) is 0 Å². The van der Waals surface area contributed by atoms with Crippen molar-refractivity contribution in [1.29, 1.82) is 0 Å². The summed E-state index contributed by atoms with van der Waals surface area (Å²) in [6.07, 6.45) is 0. The summed E-state index contributed by atoms with van der Waals surface area (Å²) >= 11 is 5.93. The maximum atomic E-state index is 5.93. The highest BCUT2D eigenvalue weighted by Crippen LogP contribution is 2.17. The summed E-state index contributed by atoms with van der Waals surface area (Å²) in [5.74, 6) is 0.754. The Morgan fingerprint density at radius 2 is 2.25 bits per heavy atom. The highest BCUT2D eigenvalue weighted by molar-refractivity contribution is 6.30. The lowest BCUT2D eigenvalue weighted by atomic mass is 10.3. The molecule has 0 aliphatic carbocycles. The summed E-state index contributed by atoms with van der Waals surface area (Å²) in [6.45, 7) is 1.99. The van der Waals surface area contributed by atoms with Crippen LogP contribution < -0.4 is 5.32 Å². The molecule has 1 aromatic heterocycles. The van der Waals surface area contributed by atoms with Crippen molar-refractivity contribution >= 4 is 11.6 Å². The summed E-state index contributed by atoms with van der Waals surface area (Å²) in [5.41, 5.74) is 0.856. The molecule has 0 saturated carbocycles. The number of hydrogen-bond donors (Lipinski definition) is 1. The van der Waals surface area contributed by atoms with Gasteiger partial charge in [0.05, 0.1) is 11.7 Å². The van der Waals surface area contributed by atoms with Gasteiger partial charge < -0.3 is 5.32 Å². The van der Waals surface area contributed by atoms with E-state index in [4.69, 9.17) is 11.6 Å². The van der Waals surface area contributed by atoms with Crippen molar-refractivity contribution in [1.82, 2.24) is 25.5 Å². The Morgan fingerprint density at radius 1 is 1.44 bits per heavy atom. The first-order valence-corrected chi connectivity index (χ1v) is 5.31. The van der Waals surface area contributed by atoms with E-state index < -0.39 is 0 Å². The van der Waals surface area contributed by atoms with Crippen LogP contribution in [0.2, 0.25) is 5.02 Å². The molecule has 1 aromatic carbocycles. The highest BCUT2D eigenvalue weighted by Gasteiger charge is 2.13. The zero-order chi connectivity index (χ0) is 11.5. The van der Waals surface area contributed by atoms with Crippen LogP contribution in [0, 0.1) is 0 Å². The maximum Gasteiger partial charge on any atom is 0.173 e. The van der Waals surface area contributed by atoms with Crippen molar-refractivity contribution in [3.05, 3.63) is 35.1 Å². The van der Waals surface area contributed by atoms with Crippen LogP contribution >= 0.6 is 11.6 Å². The molecule has 0 amide bonds. The Kier molecular flexibility index (Phi) is 3.17. The van der Waals surface area contributed by atoms with E-state index in [1.165, 1.54) is 0 Å². The van der Waals surface area contributed by atoms with Crippen LogP contribution in [0.4, 0.5) is 0 Å². The van der Waals surface area contributed by atoms with Gasteiger partial charge in [-0.25, -0.2) is 0 Å². The molecule has 0 fully saturated rings. The summed E-state index contributed by atoms with van der Waals surface area (Å²) in [5, 5.41) is 15.4. The Morgan fingerprint density at radius 3 is 2.94 bits per heavy atom. The lowest BCUT2D eigenvalue weighted by molar-refractivity contribution is 0.588. The van der Waals surface area contributed by atoms with Gasteiger partial charge in [0.2, 0.25) is 0 Å². The van der Waals surface area contributed by atoms with E-state index in [2.05, 4.69) is 20.8 Å². The molecule has 16 heavy (non-hydrogen) atoms. The minimum absolute atomic E-state index is 0.0778. The van der Waals surface area contributed by atoms with Crippen LogP contribution in [0.1, 0.15) is 18.8 Å². The minimum atomic E-state index is 0.0778. The molecular weight excluding hydrogens is 226 g/mol. The summed E-state index contributed by atoms with van der Waals surface area (Å²) < 4.78 is 1.67. The Hall–Kier alpha value is -1.46. The first kappa shape index (κ1) is 11.0. The quantitative estimate of drug-likeness (QED) is 0.881. The van der Waals surface area contributed by atoms with Crippen LogP contribution in [0.15, 0.2) is 24.3 Å². The first-order chi connectivity index (χ1) is 7.72. The number of aromatic nitrogens is 4. The Balaban J connectivity index is 2.44. The number of hydrogen-bond acceptors (Lipinski definition) is 4. The number of tetrazole rings is 1. The summed E-state index contributed by atoms with van der Waals surface area (Å²) in [7, 11) is 1.86. The largest absolute Gasteiger partial charge is 0.311 e. The van der Waals surface area contributed by atoms with Crippen molar-refractivity contribution in [3.63, 3.8) is 0 Å². The van der Waals surface area contributed by atoms with E-state index in [1.54, 1.807) is 4.68 Å². The third kappa shape index (κ3) is 2.05. The second kappa shape index (κ2) is 4.59. The van der Waals surface area contributed by atoms with E-state index >= 15 is 0 Å². The third-order valence-electron chi connectivity index (χ3n) is 2.37. The van der Waals surface area contributed by atoms with Crippen molar-refractivity contribution < 1.29 is 0 Å². The van der Waals surface area contributed by atoms with E-state index in [0.29, 0.717) is 5.02 Å². The SMILES string of the molecule is CNC(C)c1nnnn1-c1cccc(Cl)c1. The third-order valence-corrected chi connectivity index (χ3v) is 2.60. The average molecular weight is 238 g/mol. The van der Waals surface area contributed by atoms with Gasteiger partial charge in [-0.05, 0) is 42.6 Å². The zero-order valence-corrected chi connectivity index (χ0v) is 9.81. The molecule has 1 atom stereocenters. The molecule has 2 rings (SSSR count). The molecule has 0 spiro atoms. The minimum Gasteiger partial charge on any atom is -0.311 e. The van der Waals surface area contributed by atoms with E-state index in [1.807, 2.05) is 38.2 Å². The zero-order valence-electron chi connectivity index (χ0n) is 9.05. The van der Waals surface area contributed by atoms with Gasteiger partial charge in [0, 0.05) is 5.02 Å². The van der Waals surface area contributed by atoms with E-state index in [0.717, 1.165) is 11.5 Å². The number of benzene rings is 1. The number of nitrogens with one attached hydrogen (secondary N) is 1. The van der Waals surface area contributed by atoms with E-state index in [-0.39, 0.29) is 6.04 Å². The molecule has 5 nitrogen and oxygen atoms in total. The highest BCUT2D eigenvalue weighted by atomic mass is 35.5. The Bertz CT molecular complexity index is 482. The monoisotopic (exact) mass is 237 g/mol. The van der Waals surface area contributed by atoms with Gasteiger partial charge in [0.1, 0.15) is 0 Å². The fourth-order valence-corrected chi connectivity index (χ4v) is 1.57. The molecule has 0 radical (unpaired) electrons. The first-order valence-electron chi connectivity index (χ1n) is 4.94. The number of rotatable bonds is 3. The average Bonchev–Trinajstić information content (AvgIpc) is 2.77. The summed E-state index contributed by atoms with van der Waals surface area (Å²) in [6, 6.07) is 7.50. The van der Waals surface area contributed by atoms with Crippen LogP contribution in [-0.4, -0.2) is 27.3 Å². The van der Waals surface area contributed by atoms with E-state index in [9.17, 15) is 0 Å². The normalized spacial score (nSPS) is 12.7. The molecule has 84 valence electrons. The standard InChI is InChI=1S/C10H12ClN5/c1-7(12-2)10-13-14-15-16(10)9-5-3-4-8(11)6-9/h3-7,12H,1-2H3. The molecule has 0 saturated heterocycles. The van der Waals surface area contributed by atoms with Gasteiger partial charge in [-0.3, -0.25) is 0 Å². The number of halogens is 1. The number of nitrogens with zero attached hydrogens (tertiary/aromatic N) is 4. The van der Waals surface area contributed by atoms with Gasteiger partial charge in [-0.2, -0.15) is 4.68 Å². The second-order valence-corrected chi connectivity index (χ2v) is 3.88. The predicted molar refractivity (Wildman–Crippen MR) is 61.6 cm³/mol. The molecule has 0 aliphatic heterocycles. The molecule has 6 heteroatoms. The van der Waals surface area contributed by atoms with Crippen LogP contribution in [0.25, 0.3) is 5.69 Å². The predicted octanol–water partition coefficient (Wildman–Crippen LogP) is 1.60. The lowest BCUT2D eigenvalue weighted by Crippen LogP contribution is -2.17. The maximum absolute atomic E-state index is 5.93. The molecule has 1 unspecified atom stereocenters. The van der Waals surface area contributed by atoms with Crippen molar-refractivity contribution in [2.24, 2.45) is 0 Å². The van der Waals surface area contributed by atoms with Gasteiger partial charge in [-0.1, -0.05) is 17.7 Å². The van der Waals surface area contributed by atoms with Crippen molar-refractivity contribution in [3.8, 4) is 5.69 Å².